The summed E-state index contributed by atoms with van der Waals surface area (Å²) in [6.45, 7) is 8.58. The van der Waals surface area contributed by atoms with Crippen LogP contribution >= 0.6 is 0 Å². The predicted molar refractivity (Wildman–Crippen MR) is 116 cm³/mol. The van der Waals surface area contributed by atoms with Crippen LogP contribution < -0.4 is 10.4 Å². The van der Waals surface area contributed by atoms with Crippen LogP contribution in [0, 0.1) is 0 Å². The van der Waals surface area contributed by atoms with Gasteiger partial charge in [0.15, 0.2) is 6.10 Å². The Hall–Kier alpha value is -1.75. The number of aromatic nitrogens is 2. The normalized spacial score (nSPS) is 26.1. The van der Waals surface area contributed by atoms with E-state index >= 15 is 0 Å². The fraction of sp³-hybridized carbons (Fsp3) is 0.762. The lowest BCUT2D eigenvalue weighted by atomic mass is 9.81. The summed E-state index contributed by atoms with van der Waals surface area (Å²) in [4.78, 5) is 25.5. The zero-order valence-corrected chi connectivity index (χ0v) is 18.8. The fourth-order valence-electron chi connectivity index (χ4n) is 4.21. The Bertz CT molecular complexity index is 785. The average Bonchev–Trinajstić information content (AvgIpc) is 3.54. The summed E-state index contributed by atoms with van der Waals surface area (Å²) in [6, 6.07) is 0.448. The molecule has 170 valence electrons. The molecule has 0 radical (unpaired) electrons. The van der Waals surface area contributed by atoms with E-state index in [1.165, 1.54) is 0 Å². The van der Waals surface area contributed by atoms with E-state index in [-0.39, 0.29) is 6.04 Å². The molecule has 9 nitrogen and oxygen atoms in total. The summed E-state index contributed by atoms with van der Waals surface area (Å²) in [6.07, 6.45) is 6.09. The van der Waals surface area contributed by atoms with Gasteiger partial charge in [-0.15, -0.1) is 0 Å². The highest BCUT2D eigenvalue weighted by molar-refractivity contribution is 6.61. The van der Waals surface area contributed by atoms with Crippen molar-refractivity contribution in [1.82, 2.24) is 14.9 Å². The van der Waals surface area contributed by atoms with Gasteiger partial charge in [0.05, 0.1) is 17.8 Å². The van der Waals surface area contributed by atoms with Crippen LogP contribution in [-0.4, -0.2) is 87.2 Å². The van der Waals surface area contributed by atoms with Crippen molar-refractivity contribution in [2.75, 3.05) is 24.6 Å². The highest BCUT2D eigenvalue weighted by Gasteiger charge is 2.52. The second-order valence-electron chi connectivity index (χ2n) is 9.82. The number of hydrogen-bond acceptors (Lipinski definition) is 8. The third-order valence-electron chi connectivity index (χ3n) is 6.91. The first-order chi connectivity index (χ1) is 14.6. The van der Waals surface area contributed by atoms with Crippen molar-refractivity contribution in [3.63, 3.8) is 0 Å². The standard InChI is InChI=1S/C21H33BN4O5/c1-20(2)21(3,4)31-22(30-20)14-10-23-19(24-11-14)26(15-7-8-15)16-6-5-9-25(12-16)18(29)17(28)13-27/h10-11,15-17,27-28H,5-9,12-13H2,1-4H3/t16-,17+/m1/s1. The maximum atomic E-state index is 12.4. The molecule has 1 aromatic rings. The first-order valence-corrected chi connectivity index (χ1v) is 11.2. The first kappa shape index (κ1) is 22.4. The topological polar surface area (TPSA) is 108 Å². The van der Waals surface area contributed by atoms with E-state index in [0.29, 0.717) is 25.1 Å². The summed E-state index contributed by atoms with van der Waals surface area (Å²) in [5.41, 5.74) is -0.0639. The van der Waals surface area contributed by atoms with Gasteiger partial charge < -0.3 is 29.3 Å². The van der Waals surface area contributed by atoms with Crippen LogP contribution in [0.25, 0.3) is 0 Å². The largest absolute Gasteiger partial charge is 0.498 e. The van der Waals surface area contributed by atoms with Gasteiger partial charge in [-0.25, -0.2) is 9.97 Å². The van der Waals surface area contributed by atoms with Crippen LogP contribution in [-0.2, 0) is 14.1 Å². The number of amides is 1. The number of carbonyl (C=O) groups excluding carboxylic acids is 1. The van der Waals surface area contributed by atoms with Crippen LogP contribution in [0.2, 0.25) is 0 Å². The summed E-state index contributed by atoms with van der Waals surface area (Å²) >= 11 is 0. The van der Waals surface area contributed by atoms with Gasteiger partial charge in [-0.05, 0) is 53.4 Å². The number of nitrogens with zero attached hydrogens (tertiary/aromatic N) is 4. The van der Waals surface area contributed by atoms with Gasteiger partial charge in [0, 0.05) is 43.0 Å². The van der Waals surface area contributed by atoms with Crippen molar-refractivity contribution in [2.45, 2.75) is 82.8 Å². The summed E-state index contributed by atoms with van der Waals surface area (Å²) < 4.78 is 12.2. The number of aliphatic hydroxyl groups excluding tert-OH is 2. The van der Waals surface area contributed by atoms with Gasteiger partial charge in [-0.2, -0.15) is 0 Å². The molecule has 2 N–H and O–H groups in total. The number of rotatable bonds is 6. The van der Waals surface area contributed by atoms with E-state index in [9.17, 15) is 9.90 Å². The molecule has 2 atom stereocenters. The Morgan fingerprint density at radius 3 is 2.35 bits per heavy atom. The molecule has 1 aromatic heterocycles. The molecule has 1 saturated carbocycles. The monoisotopic (exact) mass is 432 g/mol. The smallest absolute Gasteiger partial charge is 0.399 e. The molecule has 3 aliphatic rings. The molecule has 0 spiro atoms. The molecule has 1 aliphatic carbocycles. The summed E-state index contributed by atoms with van der Waals surface area (Å²) in [7, 11) is -0.504. The first-order valence-electron chi connectivity index (χ1n) is 11.2. The molecule has 3 heterocycles. The second kappa shape index (κ2) is 8.31. The van der Waals surface area contributed by atoms with E-state index in [2.05, 4.69) is 14.9 Å². The Labute approximate surface area is 183 Å². The highest BCUT2D eigenvalue weighted by Crippen LogP contribution is 2.37. The lowest BCUT2D eigenvalue weighted by Crippen LogP contribution is -2.53. The van der Waals surface area contributed by atoms with Gasteiger partial charge in [0.2, 0.25) is 5.95 Å². The van der Waals surface area contributed by atoms with Gasteiger partial charge in [0.1, 0.15) is 0 Å². The molecule has 4 rings (SSSR count). The predicted octanol–water partition coefficient (Wildman–Crippen LogP) is 0.0888. The molecular formula is C21H33BN4O5. The van der Waals surface area contributed by atoms with E-state index in [1.807, 2.05) is 27.7 Å². The van der Waals surface area contributed by atoms with Crippen LogP contribution in [0.4, 0.5) is 5.95 Å². The lowest BCUT2D eigenvalue weighted by Gasteiger charge is -2.40. The quantitative estimate of drug-likeness (QED) is 0.609. The Morgan fingerprint density at radius 1 is 1.19 bits per heavy atom. The molecule has 3 fully saturated rings. The molecule has 1 amide bonds. The minimum Gasteiger partial charge on any atom is -0.399 e. The molecule has 31 heavy (non-hydrogen) atoms. The van der Waals surface area contributed by atoms with Crippen molar-refractivity contribution in [3.05, 3.63) is 12.4 Å². The van der Waals surface area contributed by atoms with E-state index in [4.69, 9.17) is 14.4 Å². The maximum Gasteiger partial charge on any atom is 0.498 e. The second-order valence-corrected chi connectivity index (χ2v) is 9.82. The number of anilines is 1. The summed E-state index contributed by atoms with van der Waals surface area (Å²) in [5, 5.41) is 18.9. The van der Waals surface area contributed by atoms with Crippen molar-refractivity contribution in [3.8, 4) is 0 Å². The minimum atomic E-state index is -1.36. The number of piperidine rings is 1. The van der Waals surface area contributed by atoms with Crippen LogP contribution in [0.15, 0.2) is 12.4 Å². The molecule has 0 aromatic carbocycles. The van der Waals surface area contributed by atoms with E-state index in [1.54, 1.807) is 17.3 Å². The Balaban J connectivity index is 1.49. The zero-order valence-electron chi connectivity index (χ0n) is 18.8. The maximum absolute atomic E-state index is 12.4. The number of likely N-dealkylation sites (tertiary alicyclic amines) is 1. The van der Waals surface area contributed by atoms with Gasteiger partial charge in [-0.1, -0.05) is 0 Å². The third-order valence-corrected chi connectivity index (χ3v) is 6.91. The van der Waals surface area contributed by atoms with Gasteiger partial charge in [-0.3, -0.25) is 4.79 Å². The molecule has 10 heteroatoms. The highest BCUT2D eigenvalue weighted by atomic mass is 16.7. The third kappa shape index (κ3) is 4.44. The molecular weight excluding hydrogens is 399 g/mol. The molecule has 0 unspecified atom stereocenters. The van der Waals surface area contributed by atoms with Crippen LogP contribution in [0.1, 0.15) is 53.4 Å². The van der Waals surface area contributed by atoms with Crippen molar-refractivity contribution >= 4 is 24.4 Å². The van der Waals surface area contributed by atoms with E-state index < -0.39 is 36.9 Å². The van der Waals surface area contributed by atoms with Crippen molar-refractivity contribution in [2.24, 2.45) is 0 Å². The summed E-state index contributed by atoms with van der Waals surface area (Å²) in [5.74, 6) is 0.227. The number of aliphatic hydroxyl groups is 2. The Kier molecular flexibility index (Phi) is 6.02. The van der Waals surface area contributed by atoms with Crippen molar-refractivity contribution in [1.29, 1.82) is 0 Å². The molecule has 2 aliphatic heterocycles. The zero-order chi connectivity index (χ0) is 22.4. The van der Waals surface area contributed by atoms with Crippen LogP contribution in [0.5, 0.6) is 0 Å². The number of carbonyl (C=O) groups is 1. The Morgan fingerprint density at radius 2 is 1.81 bits per heavy atom. The van der Waals surface area contributed by atoms with E-state index in [0.717, 1.165) is 31.1 Å². The SMILES string of the molecule is CC1(C)OB(c2cnc(N(C3CC3)[C@@H]3CCCN(C(=O)[C@@H](O)CO)C3)nc2)OC1(C)C. The molecule has 0 bridgehead atoms. The van der Waals surface area contributed by atoms with Crippen LogP contribution in [0.3, 0.4) is 0 Å². The molecule has 2 saturated heterocycles. The lowest BCUT2D eigenvalue weighted by molar-refractivity contribution is -0.143. The minimum absolute atomic E-state index is 0.0822. The van der Waals surface area contributed by atoms with Gasteiger partial charge in [0.25, 0.3) is 5.91 Å². The average molecular weight is 432 g/mol. The fourth-order valence-corrected chi connectivity index (χ4v) is 4.21. The number of hydrogen-bond donors (Lipinski definition) is 2. The van der Waals surface area contributed by atoms with Gasteiger partial charge >= 0.3 is 7.12 Å². The van der Waals surface area contributed by atoms with Crippen molar-refractivity contribution < 1.29 is 24.3 Å².